The van der Waals surface area contributed by atoms with Crippen LogP contribution in [0.15, 0.2) is 21.9 Å². The summed E-state index contributed by atoms with van der Waals surface area (Å²) in [5.41, 5.74) is 0. The zero-order valence-electron chi connectivity index (χ0n) is 5.11. The van der Waals surface area contributed by atoms with Gasteiger partial charge in [-0.05, 0) is 35.6 Å². The molecule has 8 heavy (non-hydrogen) atoms. The molecular formula is C6H10IN. The second kappa shape index (κ2) is 5.15. The molecule has 0 aromatic carbocycles. The van der Waals surface area contributed by atoms with Gasteiger partial charge in [0.1, 0.15) is 0 Å². The number of hydrogen-bond acceptors (Lipinski definition) is 1. The van der Waals surface area contributed by atoms with Crippen LogP contribution < -0.4 is 5.32 Å². The lowest BCUT2D eigenvalue weighted by Gasteiger charge is -1.90. The third-order valence-electron chi connectivity index (χ3n) is 0.674. The predicted molar refractivity (Wildman–Crippen MR) is 46.0 cm³/mol. The summed E-state index contributed by atoms with van der Waals surface area (Å²) >= 11 is 2.23. The van der Waals surface area contributed by atoms with Crippen molar-refractivity contribution in [3.8, 4) is 0 Å². The normalized spacial score (nSPS) is 12.6. The maximum Gasteiger partial charge on any atom is 0.0729 e. The molecule has 1 nitrogen and oxygen atoms in total. The lowest BCUT2D eigenvalue weighted by Crippen LogP contribution is -1.97. The van der Waals surface area contributed by atoms with Crippen LogP contribution in [0.25, 0.3) is 0 Å². The highest BCUT2D eigenvalue weighted by molar-refractivity contribution is 14.1. The first-order valence-corrected chi connectivity index (χ1v) is 3.55. The average molecular weight is 223 g/mol. The Kier molecular flexibility index (Phi) is 5.16. The Bertz CT molecular complexity index is 105. The van der Waals surface area contributed by atoms with Crippen molar-refractivity contribution in [3.05, 3.63) is 21.9 Å². The van der Waals surface area contributed by atoms with Crippen molar-refractivity contribution in [3.63, 3.8) is 0 Å². The van der Waals surface area contributed by atoms with Gasteiger partial charge >= 0.3 is 0 Å². The molecule has 0 aromatic heterocycles. The van der Waals surface area contributed by atoms with Gasteiger partial charge in [0, 0.05) is 7.05 Å². The third kappa shape index (κ3) is 4.18. The van der Waals surface area contributed by atoms with Gasteiger partial charge in [0.2, 0.25) is 0 Å². The molecule has 0 saturated heterocycles. The van der Waals surface area contributed by atoms with Gasteiger partial charge in [-0.1, -0.05) is 12.2 Å². The summed E-state index contributed by atoms with van der Waals surface area (Å²) in [5.74, 6) is 0. The lowest BCUT2D eigenvalue weighted by molar-refractivity contribution is 1.09. The number of hydrogen-bond donors (Lipinski definition) is 1. The van der Waals surface area contributed by atoms with Gasteiger partial charge in [-0.25, -0.2) is 0 Å². The minimum absolute atomic E-state index is 1.15. The van der Waals surface area contributed by atoms with Crippen molar-refractivity contribution < 1.29 is 0 Å². The smallest absolute Gasteiger partial charge is 0.0729 e. The number of nitrogens with one attached hydrogen (secondary N) is 1. The van der Waals surface area contributed by atoms with Gasteiger partial charge in [0.05, 0.1) is 3.70 Å². The highest BCUT2D eigenvalue weighted by Gasteiger charge is 1.75. The van der Waals surface area contributed by atoms with E-state index in [1.54, 1.807) is 0 Å². The standard InChI is InChI=1S/C6H10IN/c1-3-4-5-6(7)8-2/h3-5,8H,1-2H3/b4-3-,6-5+. The van der Waals surface area contributed by atoms with E-state index >= 15 is 0 Å². The van der Waals surface area contributed by atoms with Gasteiger partial charge < -0.3 is 5.32 Å². The van der Waals surface area contributed by atoms with E-state index in [-0.39, 0.29) is 0 Å². The molecule has 0 rings (SSSR count). The van der Waals surface area contributed by atoms with Crippen LogP contribution in [0.5, 0.6) is 0 Å². The predicted octanol–water partition coefficient (Wildman–Crippen LogP) is 2.06. The van der Waals surface area contributed by atoms with Crippen molar-refractivity contribution in [1.82, 2.24) is 5.32 Å². The van der Waals surface area contributed by atoms with Crippen LogP contribution in [0, 0.1) is 0 Å². The van der Waals surface area contributed by atoms with E-state index in [0.717, 1.165) is 3.70 Å². The van der Waals surface area contributed by atoms with E-state index in [1.165, 1.54) is 0 Å². The fourth-order valence-electron chi connectivity index (χ4n) is 0.264. The summed E-state index contributed by atoms with van der Waals surface area (Å²) in [6.45, 7) is 2.00. The Morgan fingerprint density at radius 3 is 2.62 bits per heavy atom. The van der Waals surface area contributed by atoms with Crippen molar-refractivity contribution >= 4 is 22.6 Å². The fourth-order valence-corrected chi connectivity index (χ4v) is 0.472. The monoisotopic (exact) mass is 223 g/mol. The number of allylic oxidation sites excluding steroid dienone is 3. The number of halogens is 1. The summed E-state index contributed by atoms with van der Waals surface area (Å²) in [4.78, 5) is 0. The second-order valence-electron chi connectivity index (χ2n) is 1.29. The summed E-state index contributed by atoms with van der Waals surface area (Å²) in [6, 6.07) is 0. The largest absolute Gasteiger partial charge is 0.383 e. The third-order valence-corrected chi connectivity index (χ3v) is 1.57. The molecule has 46 valence electrons. The molecule has 0 aromatic rings. The van der Waals surface area contributed by atoms with E-state index in [0.29, 0.717) is 0 Å². The Morgan fingerprint density at radius 1 is 1.62 bits per heavy atom. The first-order valence-electron chi connectivity index (χ1n) is 2.47. The van der Waals surface area contributed by atoms with Crippen molar-refractivity contribution in [2.24, 2.45) is 0 Å². The van der Waals surface area contributed by atoms with Crippen LogP contribution in [-0.4, -0.2) is 7.05 Å². The van der Waals surface area contributed by atoms with Gasteiger partial charge in [0.25, 0.3) is 0 Å². The molecule has 0 heterocycles. The first-order chi connectivity index (χ1) is 3.81. The quantitative estimate of drug-likeness (QED) is 0.429. The Hall–Kier alpha value is 0.01000. The fraction of sp³-hybridized carbons (Fsp3) is 0.333. The van der Waals surface area contributed by atoms with Crippen molar-refractivity contribution in [1.29, 1.82) is 0 Å². The van der Waals surface area contributed by atoms with E-state index in [4.69, 9.17) is 0 Å². The molecule has 0 amide bonds. The molecular weight excluding hydrogens is 213 g/mol. The molecule has 0 radical (unpaired) electrons. The zero-order chi connectivity index (χ0) is 6.41. The highest BCUT2D eigenvalue weighted by atomic mass is 127. The van der Waals surface area contributed by atoms with Crippen LogP contribution in [0.3, 0.4) is 0 Å². The highest BCUT2D eigenvalue weighted by Crippen LogP contribution is 1.98. The van der Waals surface area contributed by atoms with Crippen molar-refractivity contribution in [2.75, 3.05) is 7.05 Å². The lowest BCUT2D eigenvalue weighted by atomic mass is 10.5. The molecule has 0 saturated carbocycles. The maximum absolute atomic E-state index is 3.00. The molecule has 0 aliphatic rings. The SMILES string of the molecule is C/C=C\C=C(/I)NC. The van der Waals surface area contributed by atoms with E-state index in [9.17, 15) is 0 Å². The molecule has 0 aliphatic carbocycles. The van der Waals surface area contributed by atoms with E-state index in [2.05, 4.69) is 27.9 Å². The van der Waals surface area contributed by atoms with Crippen molar-refractivity contribution in [2.45, 2.75) is 6.92 Å². The van der Waals surface area contributed by atoms with Crippen LogP contribution in [0.1, 0.15) is 6.92 Å². The summed E-state index contributed by atoms with van der Waals surface area (Å²) in [7, 11) is 1.90. The summed E-state index contributed by atoms with van der Waals surface area (Å²) in [6.07, 6.45) is 6.01. The van der Waals surface area contributed by atoms with Gasteiger partial charge in [0.15, 0.2) is 0 Å². The maximum atomic E-state index is 3.00. The van der Waals surface area contributed by atoms with Crippen LogP contribution in [0.2, 0.25) is 0 Å². The Labute approximate surface area is 64.0 Å². The molecule has 0 aliphatic heterocycles. The Balaban J connectivity index is 3.57. The summed E-state index contributed by atoms with van der Waals surface area (Å²) < 4.78 is 1.15. The van der Waals surface area contributed by atoms with Gasteiger partial charge in [-0.3, -0.25) is 0 Å². The molecule has 0 atom stereocenters. The van der Waals surface area contributed by atoms with Crippen LogP contribution in [-0.2, 0) is 0 Å². The summed E-state index contributed by atoms with van der Waals surface area (Å²) in [5, 5.41) is 3.00. The molecule has 0 bridgehead atoms. The molecule has 2 heteroatoms. The van der Waals surface area contributed by atoms with E-state index < -0.39 is 0 Å². The molecule has 0 spiro atoms. The molecule has 1 N–H and O–H groups in total. The second-order valence-corrected chi connectivity index (χ2v) is 2.45. The minimum atomic E-state index is 1.15. The van der Waals surface area contributed by atoms with Gasteiger partial charge in [-0.2, -0.15) is 0 Å². The van der Waals surface area contributed by atoms with Crippen LogP contribution in [0.4, 0.5) is 0 Å². The van der Waals surface area contributed by atoms with Gasteiger partial charge in [-0.15, -0.1) is 0 Å². The topological polar surface area (TPSA) is 12.0 Å². The molecule has 0 unspecified atom stereocenters. The average Bonchev–Trinajstić information content (AvgIpc) is 1.83. The first kappa shape index (κ1) is 8.01. The molecule has 0 fully saturated rings. The Morgan fingerprint density at radius 2 is 2.25 bits per heavy atom. The zero-order valence-corrected chi connectivity index (χ0v) is 7.27. The van der Waals surface area contributed by atoms with E-state index in [1.807, 2.05) is 32.2 Å². The number of rotatable bonds is 2. The minimum Gasteiger partial charge on any atom is -0.383 e. The van der Waals surface area contributed by atoms with Crippen LogP contribution >= 0.6 is 22.6 Å².